The Morgan fingerprint density at radius 1 is 0.537 bits per heavy atom. The zero-order chi connectivity index (χ0) is 36.9. The second-order valence-electron chi connectivity index (χ2n) is 13.0. The van der Waals surface area contributed by atoms with Crippen molar-refractivity contribution in [2.45, 2.75) is 0 Å². The maximum absolute atomic E-state index is 12.7. The monoisotopic (exact) mass is 762 g/mol. The number of halogens is 3. The van der Waals surface area contributed by atoms with Crippen molar-refractivity contribution in [2.75, 3.05) is 7.11 Å². The first kappa shape index (κ1) is 33.8. The van der Waals surface area contributed by atoms with Gasteiger partial charge in [0.15, 0.2) is 5.76 Å². The van der Waals surface area contributed by atoms with Gasteiger partial charge in [-0.15, -0.1) is 0 Å². The zero-order valence-electron chi connectivity index (χ0n) is 28.7. The lowest BCUT2D eigenvalue weighted by Crippen LogP contribution is -2.17. The van der Waals surface area contributed by atoms with Crippen molar-refractivity contribution in [3.8, 4) is 0 Å². The number of allylic oxidation sites excluding steroid dienone is 7. The molecule has 0 amide bonds. The molecule has 0 unspecified atom stereocenters. The average molecular weight is 764 g/mol. The van der Waals surface area contributed by atoms with Gasteiger partial charge in [-0.25, -0.2) is 4.99 Å². The molecule has 0 atom stereocenters. The summed E-state index contributed by atoms with van der Waals surface area (Å²) >= 11 is 19.8. The Balaban J connectivity index is 1.42. The third kappa shape index (κ3) is 6.14. The van der Waals surface area contributed by atoms with E-state index in [4.69, 9.17) is 44.5 Å². The van der Waals surface area contributed by atoms with Crippen molar-refractivity contribution in [1.82, 2.24) is 15.0 Å². The molecule has 8 bridgehead atoms. The molecule has 3 aromatic carbocycles. The van der Waals surface area contributed by atoms with Gasteiger partial charge in [0, 0.05) is 70.8 Å². The van der Waals surface area contributed by atoms with Crippen molar-refractivity contribution in [1.29, 1.82) is 0 Å². The predicted molar refractivity (Wildman–Crippen MR) is 218 cm³/mol. The van der Waals surface area contributed by atoms with E-state index in [-0.39, 0.29) is 11.5 Å². The largest absolute Gasteiger partial charge is 0.493 e. The molecule has 0 saturated heterocycles. The SMILES string of the molecule is COC1=C/C(=C2C3=N/C(=C(/c4cccc(Cl)c4)c4ccc([nH]4)/C(c4cccc(Cl)c4)=c4/cc/c([nH]4)=C(\c4cccc(Cl)c4)c4ccc\2[nH]4)C=C3)C=CC1=O. The second kappa shape index (κ2) is 13.7. The van der Waals surface area contributed by atoms with E-state index >= 15 is 0 Å². The number of hydrogen-bond donors (Lipinski definition) is 3. The Morgan fingerprint density at radius 3 is 1.56 bits per heavy atom. The van der Waals surface area contributed by atoms with Gasteiger partial charge in [0.05, 0.1) is 18.5 Å². The molecule has 6 aromatic rings. The van der Waals surface area contributed by atoms with E-state index in [0.29, 0.717) is 20.8 Å². The van der Waals surface area contributed by atoms with Gasteiger partial charge < -0.3 is 19.7 Å². The van der Waals surface area contributed by atoms with Gasteiger partial charge in [-0.3, -0.25) is 4.79 Å². The number of hydrogen-bond acceptors (Lipinski definition) is 3. The van der Waals surface area contributed by atoms with Crippen molar-refractivity contribution in [3.05, 3.63) is 222 Å². The van der Waals surface area contributed by atoms with Crippen LogP contribution in [0.5, 0.6) is 0 Å². The molecular formula is C45H29Cl3N4O2. The Bertz CT molecular complexity index is 2870. The van der Waals surface area contributed by atoms with E-state index < -0.39 is 0 Å². The third-order valence-electron chi connectivity index (χ3n) is 9.62. The smallest absolute Gasteiger partial charge is 0.220 e. The predicted octanol–water partition coefficient (Wildman–Crippen LogP) is 9.33. The van der Waals surface area contributed by atoms with Gasteiger partial charge in [0.25, 0.3) is 0 Å². The zero-order valence-corrected chi connectivity index (χ0v) is 30.9. The summed E-state index contributed by atoms with van der Waals surface area (Å²) in [6, 6.07) is 35.8. The second-order valence-corrected chi connectivity index (χ2v) is 14.3. The molecule has 0 saturated carbocycles. The van der Waals surface area contributed by atoms with E-state index in [9.17, 15) is 4.79 Å². The van der Waals surface area contributed by atoms with Crippen LogP contribution in [0.2, 0.25) is 15.1 Å². The highest BCUT2D eigenvalue weighted by Gasteiger charge is 2.25. The summed E-state index contributed by atoms with van der Waals surface area (Å²) in [5, 5.41) is 3.61. The number of ether oxygens (including phenoxy) is 1. The first-order valence-electron chi connectivity index (χ1n) is 17.2. The number of nitrogens with zero attached hydrogens (tertiary/aromatic N) is 1. The lowest BCUT2D eigenvalue weighted by Gasteiger charge is -2.14. The van der Waals surface area contributed by atoms with Crippen LogP contribution >= 0.6 is 34.8 Å². The molecule has 5 heterocycles. The van der Waals surface area contributed by atoms with Gasteiger partial charge in [0.2, 0.25) is 5.78 Å². The maximum Gasteiger partial charge on any atom is 0.220 e. The summed E-state index contributed by atoms with van der Waals surface area (Å²) in [7, 11) is 1.50. The molecule has 3 aromatic heterocycles. The van der Waals surface area contributed by atoms with Crippen molar-refractivity contribution >= 4 is 68.6 Å². The highest BCUT2D eigenvalue weighted by molar-refractivity contribution is 6.33. The normalized spacial score (nSPS) is 20.0. The number of aliphatic imine (C=N–C) groups is 1. The van der Waals surface area contributed by atoms with Crippen LogP contribution in [0.25, 0.3) is 22.3 Å². The molecule has 9 heteroatoms. The summed E-state index contributed by atoms with van der Waals surface area (Å²) in [5.41, 5.74) is 11.9. The van der Waals surface area contributed by atoms with E-state index in [2.05, 4.69) is 51.4 Å². The minimum atomic E-state index is -0.203. The number of carbonyl (C=O) groups is 1. The molecule has 262 valence electrons. The Hall–Kier alpha value is -6.05. The fraction of sp³-hybridized carbons (Fsp3) is 0.0222. The fourth-order valence-electron chi connectivity index (χ4n) is 7.25. The van der Waals surface area contributed by atoms with E-state index in [0.717, 1.165) is 83.7 Å². The number of rotatable bonds is 4. The van der Waals surface area contributed by atoms with Crippen LogP contribution < -0.4 is 10.7 Å². The number of aromatic amines is 3. The Kier molecular flexibility index (Phi) is 8.59. The van der Waals surface area contributed by atoms with Gasteiger partial charge in [-0.2, -0.15) is 0 Å². The number of H-pyrrole nitrogens is 3. The standard InChI is InChI=1S/C45H29Cl3N4O2/c1-54-41-24-28(11-20-40(41)53)45-38-18-16-36(51-38)43(26-6-3-9-30(47)22-26)34-14-12-32(49-34)42(25-5-2-8-29(46)21-25)33-13-15-35(50-33)44(37-17-19-39(45)52-37)27-7-4-10-31(48)23-27/h2-24,49-51H,1H3/b42-32-,43-34-,44-37-,45-28-. The van der Waals surface area contributed by atoms with Gasteiger partial charge in [0.1, 0.15) is 0 Å². The van der Waals surface area contributed by atoms with Crippen molar-refractivity contribution in [3.63, 3.8) is 0 Å². The first-order chi connectivity index (χ1) is 26.3. The Morgan fingerprint density at radius 2 is 1.04 bits per heavy atom. The fourth-order valence-corrected chi connectivity index (χ4v) is 7.82. The maximum atomic E-state index is 12.7. The van der Waals surface area contributed by atoms with Crippen molar-refractivity contribution in [2.24, 2.45) is 4.99 Å². The minimum Gasteiger partial charge on any atom is -0.493 e. The molecule has 6 nitrogen and oxygen atoms in total. The molecule has 9 rings (SSSR count). The molecule has 0 radical (unpaired) electrons. The summed E-state index contributed by atoms with van der Waals surface area (Å²) in [6.45, 7) is 0. The summed E-state index contributed by atoms with van der Waals surface area (Å²) < 4.78 is 5.49. The number of carbonyl (C=O) groups excluding carboxylic acids is 1. The van der Waals surface area contributed by atoms with Crippen LogP contribution in [0, 0.1) is 0 Å². The number of benzene rings is 3. The molecule has 1 aliphatic carbocycles. The number of ketones is 1. The number of methoxy groups -OCH3 is 1. The highest BCUT2D eigenvalue weighted by Crippen LogP contribution is 2.36. The van der Waals surface area contributed by atoms with E-state index in [1.165, 1.54) is 13.2 Å². The molecule has 0 spiro atoms. The molecular weight excluding hydrogens is 735 g/mol. The Labute approximate surface area is 325 Å². The topological polar surface area (TPSA) is 86.0 Å². The number of fused-ring (bicyclic) bond motifs is 7. The molecule has 0 fully saturated rings. The van der Waals surface area contributed by atoms with E-state index in [1.54, 1.807) is 12.2 Å². The molecule has 3 aliphatic rings. The lowest BCUT2D eigenvalue weighted by atomic mass is 9.96. The van der Waals surface area contributed by atoms with Crippen molar-refractivity contribution < 1.29 is 9.53 Å². The van der Waals surface area contributed by atoms with E-state index in [1.807, 2.05) is 84.9 Å². The molecule has 2 aliphatic heterocycles. The number of aromatic nitrogens is 3. The summed E-state index contributed by atoms with van der Waals surface area (Å²) in [4.78, 5) is 29.2. The van der Waals surface area contributed by atoms with Crippen LogP contribution in [0.1, 0.15) is 39.5 Å². The third-order valence-corrected chi connectivity index (χ3v) is 10.3. The van der Waals surface area contributed by atoms with Gasteiger partial charge >= 0.3 is 0 Å². The van der Waals surface area contributed by atoms with Gasteiger partial charge in [-0.05, 0) is 119 Å². The van der Waals surface area contributed by atoms with Crippen LogP contribution in [-0.4, -0.2) is 33.6 Å². The summed E-state index contributed by atoms with van der Waals surface area (Å²) in [5.74, 6) is 0.0400. The minimum absolute atomic E-state index is 0.203. The van der Waals surface area contributed by atoms with Crippen LogP contribution in [0.15, 0.2) is 162 Å². The summed E-state index contributed by atoms with van der Waals surface area (Å²) in [6.07, 6.45) is 9.09. The molecule has 54 heavy (non-hydrogen) atoms. The number of nitrogens with one attached hydrogen (secondary N) is 3. The van der Waals surface area contributed by atoms with Crippen LogP contribution in [-0.2, 0) is 9.53 Å². The van der Waals surface area contributed by atoms with Crippen LogP contribution in [0.3, 0.4) is 0 Å². The quantitative estimate of drug-likeness (QED) is 0.167. The lowest BCUT2D eigenvalue weighted by molar-refractivity contribution is -0.114. The van der Waals surface area contributed by atoms with Crippen LogP contribution in [0.4, 0.5) is 0 Å². The first-order valence-corrected chi connectivity index (χ1v) is 18.3. The van der Waals surface area contributed by atoms with Gasteiger partial charge in [-0.1, -0.05) is 77.3 Å². The average Bonchev–Trinajstić information content (AvgIpc) is 4.00. The molecule has 3 N–H and O–H groups in total. The highest BCUT2D eigenvalue weighted by atomic mass is 35.5.